The van der Waals surface area contributed by atoms with Crippen molar-refractivity contribution in [2.75, 3.05) is 36.8 Å². The number of nitrogens with zero attached hydrogens (tertiary/aromatic N) is 6. The summed E-state index contributed by atoms with van der Waals surface area (Å²) in [4.78, 5) is 20.6. The average Bonchev–Trinajstić information content (AvgIpc) is 3.63. The van der Waals surface area contributed by atoms with Gasteiger partial charge < -0.3 is 23.1 Å². The van der Waals surface area contributed by atoms with Gasteiger partial charge in [0.05, 0.1) is 12.0 Å². The van der Waals surface area contributed by atoms with Gasteiger partial charge in [0.15, 0.2) is 5.76 Å². The Kier molecular flexibility index (Phi) is 6.05. The highest BCUT2D eigenvalue weighted by Crippen LogP contribution is 2.29. The first-order chi connectivity index (χ1) is 16.6. The van der Waals surface area contributed by atoms with Crippen LogP contribution in [0.3, 0.4) is 0 Å². The molecule has 0 atom stereocenters. The zero-order valence-electron chi connectivity index (χ0n) is 18.3. The molecule has 172 valence electrons. The van der Waals surface area contributed by atoms with E-state index < -0.39 is 0 Å². The smallest absolute Gasteiger partial charge is 0.277 e. The number of aromatic nitrogens is 3. The molecule has 0 bridgehead atoms. The van der Waals surface area contributed by atoms with Gasteiger partial charge in [0.2, 0.25) is 23.4 Å². The number of anilines is 1. The molecular weight excluding hydrogens is 456 g/mol. The minimum Gasteiger partial charge on any atom is -0.459 e. The molecule has 0 aliphatic carbocycles. The summed E-state index contributed by atoms with van der Waals surface area (Å²) in [6, 6.07) is 13.3. The van der Waals surface area contributed by atoms with Crippen LogP contribution < -0.4 is 4.90 Å². The van der Waals surface area contributed by atoms with E-state index in [1.165, 1.54) is 18.0 Å². The molecule has 34 heavy (non-hydrogen) atoms. The molecule has 1 aliphatic heterocycles. The Morgan fingerprint density at radius 1 is 1.09 bits per heavy atom. The SMILES string of the molecule is Cc1ccc(-c2nnc(SCC(=O)N3CCN(c4oc(-c5ccco5)nc4C#N)CC3)o2)cc1. The van der Waals surface area contributed by atoms with Gasteiger partial charge in [0.1, 0.15) is 6.07 Å². The molecule has 1 fully saturated rings. The van der Waals surface area contributed by atoms with Gasteiger partial charge in [-0.05, 0) is 31.2 Å². The summed E-state index contributed by atoms with van der Waals surface area (Å²) >= 11 is 1.22. The maximum Gasteiger partial charge on any atom is 0.277 e. The molecule has 0 spiro atoms. The fraction of sp³-hybridized carbons (Fsp3) is 0.261. The van der Waals surface area contributed by atoms with Crippen LogP contribution in [0.25, 0.3) is 23.1 Å². The van der Waals surface area contributed by atoms with Gasteiger partial charge in [-0.1, -0.05) is 29.5 Å². The Hall–Kier alpha value is -4.04. The summed E-state index contributed by atoms with van der Waals surface area (Å²) in [5.74, 6) is 1.72. The number of piperazine rings is 1. The largest absolute Gasteiger partial charge is 0.459 e. The summed E-state index contributed by atoms with van der Waals surface area (Å²) in [5.41, 5.74) is 2.18. The zero-order chi connectivity index (χ0) is 23.5. The highest BCUT2D eigenvalue weighted by Gasteiger charge is 2.27. The van der Waals surface area contributed by atoms with E-state index in [4.69, 9.17) is 13.3 Å². The summed E-state index contributed by atoms with van der Waals surface area (Å²) in [6.07, 6.45) is 1.52. The molecule has 1 amide bonds. The molecule has 10 nitrogen and oxygen atoms in total. The normalized spacial score (nSPS) is 13.8. The number of oxazole rings is 1. The number of aryl methyl sites for hydroxylation is 1. The second kappa shape index (κ2) is 9.44. The van der Waals surface area contributed by atoms with E-state index in [0.29, 0.717) is 48.9 Å². The van der Waals surface area contributed by atoms with E-state index in [-0.39, 0.29) is 23.2 Å². The second-order valence-corrected chi connectivity index (χ2v) is 8.58. The van der Waals surface area contributed by atoms with Gasteiger partial charge >= 0.3 is 0 Å². The lowest BCUT2D eigenvalue weighted by atomic mass is 10.1. The third kappa shape index (κ3) is 4.53. The van der Waals surface area contributed by atoms with Crippen LogP contribution in [-0.4, -0.2) is 57.9 Å². The van der Waals surface area contributed by atoms with Gasteiger partial charge in [0.25, 0.3) is 11.1 Å². The first kappa shape index (κ1) is 21.8. The molecule has 0 N–H and O–H groups in total. The van der Waals surface area contributed by atoms with Crippen molar-refractivity contribution in [1.29, 1.82) is 5.26 Å². The van der Waals surface area contributed by atoms with Gasteiger partial charge in [-0.25, -0.2) is 0 Å². The molecule has 0 saturated carbocycles. The number of nitriles is 1. The van der Waals surface area contributed by atoms with Crippen molar-refractivity contribution in [1.82, 2.24) is 20.1 Å². The maximum atomic E-state index is 12.7. The minimum absolute atomic E-state index is 0.0194. The number of amides is 1. The van der Waals surface area contributed by atoms with Crippen LogP contribution in [0.2, 0.25) is 0 Å². The number of thioether (sulfide) groups is 1. The number of furan rings is 1. The molecule has 1 aliphatic rings. The highest BCUT2D eigenvalue weighted by molar-refractivity contribution is 7.99. The third-order valence-corrected chi connectivity index (χ3v) is 6.19. The quantitative estimate of drug-likeness (QED) is 0.381. The van der Waals surface area contributed by atoms with Crippen molar-refractivity contribution in [3.63, 3.8) is 0 Å². The average molecular weight is 477 g/mol. The summed E-state index contributed by atoms with van der Waals surface area (Å²) in [7, 11) is 0. The molecule has 0 radical (unpaired) electrons. The monoisotopic (exact) mass is 476 g/mol. The Labute approximate surface area is 199 Å². The van der Waals surface area contributed by atoms with Crippen LogP contribution in [0.5, 0.6) is 0 Å². The van der Waals surface area contributed by atoms with Crippen LogP contribution in [-0.2, 0) is 4.79 Å². The standard InChI is InChI=1S/C23H20N6O4S/c1-15-4-6-16(7-5-15)20-26-27-23(33-20)34-14-19(30)28-8-10-29(11-9-28)22-17(13-24)25-21(32-22)18-3-2-12-31-18/h2-7,12H,8-11,14H2,1H3. The minimum atomic E-state index is -0.0194. The molecule has 5 rings (SSSR count). The fourth-order valence-electron chi connectivity index (χ4n) is 3.56. The number of hydrogen-bond donors (Lipinski definition) is 0. The molecule has 1 aromatic carbocycles. The molecule has 0 unspecified atom stereocenters. The van der Waals surface area contributed by atoms with E-state index in [9.17, 15) is 10.1 Å². The van der Waals surface area contributed by atoms with E-state index in [1.54, 1.807) is 17.0 Å². The zero-order valence-corrected chi connectivity index (χ0v) is 19.1. The highest BCUT2D eigenvalue weighted by atomic mass is 32.2. The lowest BCUT2D eigenvalue weighted by Gasteiger charge is -2.34. The Balaban J connectivity index is 1.16. The first-order valence-electron chi connectivity index (χ1n) is 10.6. The van der Waals surface area contributed by atoms with E-state index in [1.807, 2.05) is 36.1 Å². The van der Waals surface area contributed by atoms with E-state index in [2.05, 4.69) is 21.3 Å². The Morgan fingerprint density at radius 3 is 2.59 bits per heavy atom. The molecular formula is C23H20N6O4S. The fourth-order valence-corrected chi connectivity index (χ4v) is 4.23. The van der Waals surface area contributed by atoms with Gasteiger partial charge in [-0.2, -0.15) is 10.2 Å². The van der Waals surface area contributed by atoms with E-state index >= 15 is 0 Å². The number of rotatable bonds is 6. The van der Waals surface area contributed by atoms with Crippen molar-refractivity contribution >= 4 is 23.6 Å². The number of carbonyl (C=O) groups is 1. The summed E-state index contributed by atoms with van der Waals surface area (Å²) in [5, 5.41) is 17.9. The molecule has 1 saturated heterocycles. The first-order valence-corrected chi connectivity index (χ1v) is 11.6. The maximum absolute atomic E-state index is 12.7. The Bertz CT molecular complexity index is 1310. The molecule has 4 aromatic rings. The summed E-state index contributed by atoms with van der Waals surface area (Å²) < 4.78 is 16.8. The molecule has 11 heteroatoms. The van der Waals surface area contributed by atoms with Gasteiger partial charge in [-0.3, -0.25) is 4.79 Å². The van der Waals surface area contributed by atoms with Crippen molar-refractivity contribution in [3.05, 3.63) is 53.9 Å². The lowest BCUT2D eigenvalue weighted by molar-refractivity contribution is -0.128. The number of benzene rings is 1. The van der Waals surface area contributed by atoms with Crippen LogP contribution in [0.4, 0.5) is 5.88 Å². The van der Waals surface area contributed by atoms with Gasteiger partial charge in [-0.15, -0.1) is 10.2 Å². The number of carbonyl (C=O) groups excluding carboxylic acids is 1. The van der Waals surface area contributed by atoms with Crippen LogP contribution in [0.15, 0.2) is 61.1 Å². The van der Waals surface area contributed by atoms with E-state index in [0.717, 1.165) is 11.1 Å². The second-order valence-electron chi connectivity index (χ2n) is 7.66. The van der Waals surface area contributed by atoms with Crippen molar-refractivity contribution in [2.24, 2.45) is 0 Å². The van der Waals surface area contributed by atoms with Crippen molar-refractivity contribution in [3.8, 4) is 29.2 Å². The predicted octanol–water partition coefficient (Wildman–Crippen LogP) is 3.61. The van der Waals surface area contributed by atoms with Crippen molar-refractivity contribution < 1.29 is 18.0 Å². The van der Waals surface area contributed by atoms with Crippen LogP contribution in [0.1, 0.15) is 11.3 Å². The third-order valence-electron chi connectivity index (χ3n) is 5.39. The van der Waals surface area contributed by atoms with Crippen molar-refractivity contribution in [2.45, 2.75) is 12.1 Å². The van der Waals surface area contributed by atoms with Crippen LogP contribution >= 0.6 is 11.8 Å². The topological polar surface area (TPSA) is 125 Å². The number of hydrogen-bond acceptors (Lipinski definition) is 10. The predicted molar refractivity (Wildman–Crippen MR) is 123 cm³/mol. The molecule has 4 heterocycles. The van der Waals surface area contributed by atoms with Crippen LogP contribution in [0, 0.1) is 18.3 Å². The summed E-state index contributed by atoms with van der Waals surface area (Å²) in [6.45, 7) is 4.06. The Morgan fingerprint density at radius 2 is 1.88 bits per heavy atom. The lowest BCUT2D eigenvalue weighted by Crippen LogP contribution is -2.49. The molecule has 3 aromatic heterocycles. The van der Waals surface area contributed by atoms with Gasteiger partial charge in [0, 0.05) is 31.7 Å².